The first-order chi connectivity index (χ1) is 16.4. The number of benzene rings is 2. The van der Waals surface area contributed by atoms with Crippen LogP contribution in [-0.2, 0) is 4.79 Å². The van der Waals surface area contributed by atoms with Crippen LogP contribution in [0.4, 0.5) is 0 Å². The first kappa shape index (κ1) is 22.9. The molecule has 8 heteroatoms. The van der Waals surface area contributed by atoms with E-state index in [0.717, 1.165) is 4.88 Å². The average Bonchev–Trinajstić information content (AvgIpc) is 3.35. The van der Waals surface area contributed by atoms with Crippen molar-refractivity contribution in [3.8, 4) is 33.7 Å². The van der Waals surface area contributed by atoms with Crippen molar-refractivity contribution in [1.29, 1.82) is 0 Å². The summed E-state index contributed by atoms with van der Waals surface area (Å²) in [6.07, 6.45) is 1.20. The van der Waals surface area contributed by atoms with E-state index in [1.54, 1.807) is 42.5 Å². The van der Waals surface area contributed by atoms with Crippen LogP contribution in [-0.4, -0.2) is 16.7 Å². The third kappa shape index (κ3) is 5.20. The number of aromatic nitrogens is 1. The molecule has 1 atom stereocenters. The lowest BCUT2D eigenvalue weighted by Crippen LogP contribution is -2.17. The van der Waals surface area contributed by atoms with Crippen molar-refractivity contribution in [1.82, 2.24) is 4.98 Å². The number of amides is 1. The second-order valence-corrected chi connectivity index (χ2v) is 8.30. The zero-order chi connectivity index (χ0) is 24.1. The Bertz CT molecular complexity index is 1330. The molecular weight excluding hydrogens is 450 g/mol. The molecular formula is C26H21N3O4S. The van der Waals surface area contributed by atoms with Gasteiger partial charge in [-0.1, -0.05) is 24.8 Å². The standard InChI is InChI=1S/C26H21N3O4S/c1-2-21(30)24(27)23-15-14-22(34-23)20-13-12-19(25(28)31)26(29-20)33-18-10-8-17(9-11-18)32-16-6-4-3-5-7-16/h2-15,24H,1,27H2,(H2,28,31). The number of carbonyl (C=O) groups excluding carboxylic acids is 2. The van der Waals surface area contributed by atoms with Crippen molar-refractivity contribution < 1.29 is 19.1 Å². The molecule has 0 aliphatic carbocycles. The number of carbonyl (C=O) groups is 2. The molecule has 0 saturated carbocycles. The van der Waals surface area contributed by atoms with Crippen molar-refractivity contribution >= 4 is 23.0 Å². The largest absolute Gasteiger partial charge is 0.457 e. The lowest BCUT2D eigenvalue weighted by Gasteiger charge is -2.11. The number of para-hydroxylation sites is 1. The number of hydrogen-bond acceptors (Lipinski definition) is 7. The number of primary amides is 1. The van der Waals surface area contributed by atoms with Gasteiger partial charge in [-0.05, 0) is 66.7 Å². The van der Waals surface area contributed by atoms with E-state index < -0.39 is 11.9 Å². The first-order valence-electron chi connectivity index (χ1n) is 10.3. The zero-order valence-corrected chi connectivity index (χ0v) is 18.8. The highest BCUT2D eigenvalue weighted by Crippen LogP contribution is 2.33. The summed E-state index contributed by atoms with van der Waals surface area (Å²) in [6, 6.07) is 22.3. The summed E-state index contributed by atoms with van der Waals surface area (Å²) in [7, 11) is 0. The van der Waals surface area contributed by atoms with Gasteiger partial charge in [-0.2, -0.15) is 0 Å². The van der Waals surface area contributed by atoms with Crippen LogP contribution >= 0.6 is 11.3 Å². The van der Waals surface area contributed by atoms with Gasteiger partial charge in [0.2, 0.25) is 5.88 Å². The SMILES string of the molecule is C=CC(=O)C(N)c1ccc(-c2ccc(C(N)=O)c(Oc3ccc(Oc4ccccc4)cc3)n2)s1. The number of nitrogens with two attached hydrogens (primary N) is 2. The molecule has 0 spiro atoms. The predicted molar refractivity (Wildman–Crippen MR) is 131 cm³/mol. The first-order valence-corrected chi connectivity index (χ1v) is 11.1. The molecule has 2 aromatic carbocycles. The van der Waals surface area contributed by atoms with Crippen LogP contribution in [0.3, 0.4) is 0 Å². The van der Waals surface area contributed by atoms with Crippen molar-refractivity contribution in [3.63, 3.8) is 0 Å². The molecule has 1 amide bonds. The molecule has 34 heavy (non-hydrogen) atoms. The van der Waals surface area contributed by atoms with E-state index in [9.17, 15) is 9.59 Å². The lowest BCUT2D eigenvalue weighted by molar-refractivity contribution is -0.115. The predicted octanol–water partition coefficient (Wildman–Crippen LogP) is 5.25. The minimum Gasteiger partial charge on any atom is -0.457 e. The monoisotopic (exact) mass is 471 g/mol. The van der Waals surface area contributed by atoms with Crippen LogP contribution in [0.5, 0.6) is 23.1 Å². The topological polar surface area (TPSA) is 118 Å². The van der Waals surface area contributed by atoms with Crippen LogP contribution in [0.1, 0.15) is 21.3 Å². The van der Waals surface area contributed by atoms with E-state index in [1.807, 2.05) is 36.4 Å². The minimum atomic E-state index is -0.784. The van der Waals surface area contributed by atoms with E-state index in [2.05, 4.69) is 11.6 Å². The summed E-state index contributed by atoms with van der Waals surface area (Å²) >= 11 is 1.33. The minimum absolute atomic E-state index is 0.0724. The Morgan fingerprint density at radius 2 is 1.53 bits per heavy atom. The van der Waals surface area contributed by atoms with Crippen LogP contribution in [0.25, 0.3) is 10.6 Å². The van der Waals surface area contributed by atoms with E-state index in [1.165, 1.54) is 17.4 Å². The highest BCUT2D eigenvalue weighted by atomic mass is 32.1. The van der Waals surface area contributed by atoms with Gasteiger partial charge in [0.05, 0.1) is 10.6 Å². The zero-order valence-electron chi connectivity index (χ0n) is 18.0. The Kier molecular flexibility index (Phi) is 6.82. The Labute approximate surface area is 200 Å². The second-order valence-electron chi connectivity index (χ2n) is 7.19. The summed E-state index contributed by atoms with van der Waals surface area (Å²) in [5.74, 6) is 0.942. The Morgan fingerprint density at radius 1 is 0.882 bits per heavy atom. The van der Waals surface area contributed by atoms with E-state index in [4.69, 9.17) is 20.9 Å². The quantitative estimate of drug-likeness (QED) is 0.322. The van der Waals surface area contributed by atoms with Gasteiger partial charge in [0.25, 0.3) is 5.91 Å². The summed E-state index contributed by atoms with van der Waals surface area (Å²) in [5.41, 5.74) is 12.2. The number of rotatable bonds is 9. The van der Waals surface area contributed by atoms with E-state index in [-0.39, 0.29) is 17.2 Å². The van der Waals surface area contributed by atoms with Crippen LogP contribution in [0.2, 0.25) is 0 Å². The van der Waals surface area contributed by atoms with Crippen molar-refractivity contribution in [2.45, 2.75) is 6.04 Å². The van der Waals surface area contributed by atoms with Gasteiger partial charge in [0, 0.05) is 4.88 Å². The maximum atomic E-state index is 11.9. The Hall–Kier alpha value is -4.27. The van der Waals surface area contributed by atoms with Gasteiger partial charge in [-0.3, -0.25) is 9.59 Å². The summed E-state index contributed by atoms with van der Waals surface area (Å²) in [5, 5.41) is 0. The van der Waals surface area contributed by atoms with Crippen LogP contribution in [0, 0.1) is 0 Å². The molecule has 4 N–H and O–H groups in total. The van der Waals surface area contributed by atoms with Gasteiger partial charge in [0.1, 0.15) is 28.9 Å². The number of hydrogen-bond donors (Lipinski definition) is 2. The third-order valence-electron chi connectivity index (χ3n) is 4.84. The summed E-state index contributed by atoms with van der Waals surface area (Å²) < 4.78 is 11.7. The number of pyridine rings is 1. The molecule has 170 valence electrons. The number of thiophene rings is 1. The molecule has 2 aromatic heterocycles. The summed E-state index contributed by atoms with van der Waals surface area (Å²) in [6.45, 7) is 3.47. The van der Waals surface area contributed by atoms with Gasteiger partial charge < -0.3 is 20.9 Å². The van der Waals surface area contributed by atoms with Crippen LogP contribution < -0.4 is 20.9 Å². The van der Waals surface area contributed by atoms with Crippen molar-refractivity contribution in [2.24, 2.45) is 11.5 Å². The molecule has 0 saturated heterocycles. The average molecular weight is 472 g/mol. The fourth-order valence-corrected chi connectivity index (χ4v) is 4.07. The number of ketones is 1. The molecule has 4 rings (SSSR count). The van der Waals surface area contributed by atoms with Crippen molar-refractivity contribution in [3.05, 3.63) is 102 Å². The molecule has 0 aliphatic rings. The van der Waals surface area contributed by atoms with Crippen molar-refractivity contribution in [2.75, 3.05) is 0 Å². The molecule has 2 heterocycles. The highest BCUT2D eigenvalue weighted by Gasteiger charge is 2.18. The Balaban J connectivity index is 1.57. The fraction of sp³-hybridized carbons (Fsp3) is 0.0385. The normalized spacial score (nSPS) is 11.4. The van der Waals surface area contributed by atoms with Gasteiger partial charge in [0.15, 0.2) is 5.78 Å². The van der Waals surface area contributed by atoms with Gasteiger partial charge in [-0.25, -0.2) is 4.98 Å². The molecule has 0 bridgehead atoms. The molecule has 0 radical (unpaired) electrons. The highest BCUT2D eigenvalue weighted by molar-refractivity contribution is 7.15. The fourth-order valence-electron chi connectivity index (χ4n) is 3.08. The van der Waals surface area contributed by atoms with Gasteiger partial charge >= 0.3 is 0 Å². The maximum Gasteiger partial charge on any atom is 0.254 e. The second kappa shape index (κ2) is 10.1. The van der Waals surface area contributed by atoms with Crippen LogP contribution in [0.15, 0.2) is 91.5 Å². The molecule has 4 aromatic rings. The molecule has 0 fully saturated rings. The molecule has 0 aliphatic heterocycles. The maximum absolute atomic E-state index is 11.9. The smallest absolute Gasteiger partial charge is 0.254 e. The van der Waals surface area contributed by atoms with E-state index >= 15 is 0 Å². The third-order valence-corrected chi connectivity index (χ3v) is 6.03. The number of ether oxygens (including phenoxy) is 2. The van der Waals surface area contributed by atoms with Gasteiger partial charge in [-0.15, -0.1) is 11.3 Å². The number of nitrogens with zero attached hydrogens (tertiary/aromatic N) is 1. The summed E-state index contributed by atoms with van der Waals surface area (Å²) in [4.78, 5) is 29.7. The Morgan fingerprint density at radius 3 is 2.18 bits per heavy atom. The van der Waals surface area contributed by atoms with E-state index in [0.29, 0.717) is 27.8 Å². The molecule has 1 unspecified atom stereocenters. The lowest BCUT2D eigenvalue weighted by atomic mass is 10.1. The molecule has 7 nitrogen and oxygen atoms in total.